The molecule has 2 aliphatic heterocycles. The van der Waals surface area contributed by atoms with Gasteiger partial charge in [0, 0.05) is 37.7 Å². The Bertz CT molecular complexity index is 2200. The number of aliphatic hydroxyl groups is 2. The van der Waals surface area contributed by atoms with E-state index in [0.717, 1.165) is 57.5 Å². The van der Waals surface area contributed by atoms with Gasteiger partial charge in [0.05, 0.1) is 29.8 Å². The first kappa shape index (κ1) is 40.5. The van der Waals surface area contributed by atoms with E-state index in [1.54, 1.807) is 12.1 Å². The molecule has 2 heterocycles. The second-order valence-electron chi connectivity index (χ2n) is 15.2. The molecule has 2 saturated heterocycles. The van der Waals surface area contributed by atoms with Crippen molar-refractivity contribution in [3.8, 4) is 11.1 Å². The van der Waals surface area contributed by atoms with Gasteiger partial charge in [-0.15, -0.1) is 0 Å². The molecule has 0 bridgehead atoms. The van der Waals surface area contributed by atoms with Gasteiger partial charge in [-0.1, -0.05) is 122 Å². The number of aliphatic hydroxyl groups excluding tert-OH is 2. The molecule has 6 unspecified atom stereocenters. The lowest BCUT2D eigenvalue weighted by atomic mass is 9.90. The first-order valence-electron chi connectivity index (χ1n) is 19.6. The highest BCUT2D eigenvalue weighted by molar-refractivity contribution is 7.89. The molecule has 0 aromatic heterocycles. The summed E-state index contributed by atoms with van der Waals surface area (Å²) in [6.45, 7) is 6.36. The van der Waals surface area contributed by atoms with Crippen LogP contribution in [0.4, 0.5) is 0 Å². The van der Waals surface area contributed by atoms with Crippen molar-refractivity contribution >= 4 is 15.9 Å². The summed E-state index contributed by atoms with van der Waals surface area (Å²) in [7, 11) is -3.96. The quantitative estimate of drug-likeness (QED) is 0.104. The van der Waals surface area contributed by atoms with Crippen LogP contribution in [0.5, 0.6) is 0 Å². The van der Waals surface area contributed by atoms with E-state index in [0.29, 0.717) is 13.1 Å². The van der Waals surface area contributed by atoms with Gasteiger partial charge in [0.1, 0.15) is 6.04 Å². The normalized spacial score (nSPS) is 21.9. The molecule has 0 radical (unpaired) electrons. The lowest BCUT2D eigenvalue weighted by Crippen LogP contribution is -2.47. The Balaban J connectivity index is 1.04. The van der Waals surface area contributed by atoms with Gasteiger partial charge in [-0.2, -0.15) is 4.72 Å². The Morgan fingerprint density at radius 1 is 0.825 bits per heavy atom. The van der Waals surface area contributed by atoms with Crippen molar-refractivity contribution < 1.29 is 32.9 Å². The fourth-order valence-corrected chi connectivity index (χ4v) is 8.77. The molecule has 5 aromatic rings. The molecule has 11 heteroatoms. The molecule has 1 amide bonds. The fraction of sp³-hybridized carbons (Fsp3) is 0.326. The number of sulfonamides is 1. The molecule has 0 spiro atoms. The molecule has 6 atom stereocenters. The zero-order valence-corrected chi connectivity index (χ0v) is 33.1. The van der Waals surface area contributed by atoms with E-state index < -0.39 is 28.3 Å². The highest BCUT2D eigenvalue weighted by Gasteiger charge is 2.40. The van der Waals surface area contributed by atoms with E-state index >= 15 is 0 Å². The molecular weight excluding hydrogens is 739 g/mol. The summed E-state index contributed by atoms with van der Waals surface area (Å²) in [5.74, 6) is -0.378. The Morgan fingerprint density at radius 3 is 2.21 bits per heavy atom. The second-order valence-corrected chi connectivity index (χ2v) is 17.0. The third-order valence-corrected chi connectivity index (χ3v) is 12.4. The van der Waals surface area contributed by atoms with Crippen molar-refractivity contribution in [3.05, 3.63) is 161 Å². The topological polar surface area (TPSA) is 137 Å². The van der Waals surface area contributed by atoms with Gasteiger partial charge in [-0.05, 0) is 71.3 Å². The maximum absolute atomic E-state index is 13.6. The van der Waals surface area contributed by atoms with Crippen molar-refractivity contribution in [3.63, 3.8) is 0 Å². The van der Waals surface area contributed by atoms with E-state index in [1.807, 2.05) is 110 Å². The van der Waals surface area contributed by atoms with Gasteiger partial charge in [0.2, 0.25) is 15.9 Å². The molecule has 2 fully saturated rings. The van der Waals surface area contributed by atoms with Crippen LogP contribution in [0.1, 0.15) is 59.1 Å². The molecule has 7 rings (SSSR count). The van der Waals surface area contributed by atoms with Crippen molar-refractivity contribution in [2.45, 2.75) is 75.4 Å². The fourth-order valence-electron chi connectivity index (χ4n) is 7.58. The Morgan fingerprint density at radius 2 is 1.53 bits per heavy atom. The van der Waals surface area contributed by atoms with Crippen molar-refractivity contribution in [2.75, 3.05) is 19.6 Å². The van der Waals surface area contributed by atoms with Gasteiger partial charge < -0.3 is 25.0 Å². The van der Waals surface area contributed by atoms with Crippen LogP contribution in [0.25, 0.3) is 11.1 Å². The number of nitrogens with zero attached hydrogens (tertiary/aromatic N) is 1. The highest BCUT2D eigenvalue weighted by Crippen LogP contribution is 2.42. The molecule has 298 valence electrons. The number of rotatable bonds is 14. The minimum atomic E-state index is -3.96. The molecule has 2 aliphatic rings. The van der Waals surface area contributed by atoms with Crippen LogP contribution >= 0.6 is 0 Å². The Labute approximate surface area is 335 Å². The number of carbonyl (C=O) groups excluding carboxylic acids is 1. The standard InChI is InChI=1S/C46H51N3O7S/c1-31-11-21-41(22-12-31)57(53,54)48-42(26-33-7-4-3-5-8-33)45(52)47-27-35-9-6-10-39(25-35)36-17-19-38(20-18-36)46-55-43(29-49-24-23-40(51)28-49)32(2)44(56-46)37-15-13-34(30-50)14-16-37/h3-22,25,32,40,42-44,46,48,50-51H,23-24,26-30H2,1-2H3,(H,47,52). The van der Waals surface area contributed by atoms with Crippen LogP contribution in [-0.2, 0) is 43.9 Å². The van der Waals surface area contributed by atoms with Gasteiger partial charge in [0.25, 0.3) is 0 Å². The van der Waals surface area contributed by atoms with E-state index in [2.05, 4.69) is 21.9 Å². The zero-order chi connectivity index (χ0) is 39.9. The molecule has 5 aromatic carbocycles. The maximum Gasteiger partial charge on any atom is 0.241 e. The molecule has 10 nitrogen and oxygen atoms in total. The Kier molecular flexibility index (Phi) is 13.0. The van der Waals surface area contributed by atoms with E-state index in [1.165, 1.54) is 12.1 Å². The van der Waals surface area contributed by atoms with E-state index in [-0.39, 0.29) is 48.7 Å². The summed E-state index contributed by atoms with van der Waals surface area (Å²) in [6, 6.07) is 38.7. The summed E-state index contributed by atoms with van der Waals surface area (Å²) < 4.78 is 42.6. The number of carbonyl (C=O) groups is 1. The maximum atomic E-state index is 13.6. The number of aryl methyl sites for hydroxylation is 1. The number of likely N-dealkylation sites (tertiary alicyclic amines) is 1. The molecular formula is C46H51N3O7S. The minimum Gasteiger partial charge on any atom is -0.392 e. The number of nitrogens with one attached hydrogen (secondary N) is 2. The average molecular weight is 790 g/mol. The van der Waals surface area contributed by atoms with Crippen LogP contribution in [0.15, 0.2) is 132 Å². The van der Waals surface area contributed by atoms with Gasteiger partial charge in [0.15, 0.2) is 6.29 Å². The van der Waals surface area contributed by atoms with Gasteiger partial charge in [-0.25, -0.2) is 8.42 Å². The third kappa shape index (κ3) is 10.2. The van der Waals surface area contributed by atoms with Crippen molar-refractivity contribution in [1.82, 2.24) is 14.9 Å². The predicted molar refractivity (Wildman–Crippen MR) is 219 cm³/mol. The molecule has 0 aliphatic carbocycles. The van der Waals surface area contributed by atoms with Crippen molar-refractivity contribution in [1.29, 1.82) is 0 Å². The van der Waals surface area contributed by atoms with Gasteiger partial charge in [-0.3, -0.25) is 9.69 Å². The Hall–Kier alpha value is -4.72. The summed E-state index contributed by atoms with van der Waals surface area (Å²) in [6.07, 6.45) is -0.339. The van der Waals surface area contributed by atoms with Crippen LogP contribution in [-0.4, -0.2) is 67.3 Å². The zero-order valence-electron chi connectivity index (χ0n) is 32.3. The smallest absolute Gasteiger partial charge is 0.241 e. The second kappa shape index (κ2) is 18.3. The third-order valence-electron chi connectivity index (χ3n) is 10.9. The van der Waals surface area contributed by atoms with E-state index in [4.69, 9.17) is 9.47 Å². The predicted octanol–water partition coefficient (Wildman–Crippen LogP) is 6.22. The molecule has 0 saturated carbocycles. The highest BCUT2D eigenvalue weighted by atomic mass is 32.2. The summed E-state index contributed by atoms with van der Waals surface area (Å²) in [4.78, 5) is 16.0. The number of amides is 1. The summed E-state index contributed by atoms with van der Waals surface area (Å²) in [5.41, 5.74) is 7.32. The van der Waals surface area contributed by atoms with Crippen LogP contribution in [0, 0.1) is 12.8 Å². The van der Waals surface area contributed by atoms with Crippen LogP contribution in [0.2, 0.25) is 0 Å². The minimum absolute atomic E-state index is 0.0228. The number of hydrogen-bond donors (Lipinski definition) is 4. The molecule has 57 heavy (non-hydrogen) atoms. The van der Waals surface area contributed by atoms with Crippen molar-refractivity contribution in [2.24, 2.45) is 5.92 Å². The lowest BCUT2D eigenvalue weighted by molar-refractivity contribution is -0.276. The molecule has 4 N–H and O–H groups in total. The monoisotopic (exact) mass is 789 g/mol. The number of β-amino-alcohol motifs (C(OH)–C–C–N with tert-alkyl or cyclic N) is 1. The van der Waals surface area contributed by atoms with Crippen LogP contribution < -0.4 is 10.0 Å². The largest absolute Gasteiger partial charge is 0.392 e. The first-order valence-corrected chi connectivity index (χ1v) is 21.0. The average Bonchev–Trinajstić information content (AvgIpc) is 3.65. The van der Waals surface area contributed by atoms with Crippen LogP contribution in [0.3, 0.4) is 0 Å². The summed E-state index contributed by atoms with van der Waals surface area (Å²) >= 11 is 0. The SMILES string of the molecule is Cc1ccc(S(=O)(=O)NC(Cc2ccccc2)C(=O)NCc2cccc(-c3ccc(C4OC(CN5CCC(O)C5)C(C)C(c5ccc(CO)cc5)O4)cc3)c2)cc1. The van der Waals surface area contributed by atoms with E-state index in [9.17, 15) is 23.4 Å². The van der Waals surface area contributed by atoms with Gasteiger partial charge >= 0.3 is 0 Å². The number of hydrogen-bond acceptors (Lipinski definition) is 8. The first-order chi connectivity index (χ1) is 27.5. The summed E-state index contributed by atoms with van der Waals surface area (Å²) in [5, 5.41) is 22.7. The number of ether oxygens (including phenoxy) is 2. The number of benzene rings is 5. The lowest BCUT2D eigenvalue weighted by Gasteiger charge is -2.42.